The number of carbonyl (C=O) groups is 1. The molecule has 0 N–H and O–H groups in total. The van der Waals surface area contributed by atoms with Crippen LogP contribution in [-0.2, 0) is 11.8 Å². The summed E-state index contributed by atoms with van der Waals surface area (Å²) in [7, 11) is 3.54. The van der Waals surface area contributed by atoms with Gasteiger partial charge < -0.3 is 14.2 Å². The van der Waals surface area contributed by atoms with Crippen LogP contribution in [0.2, 0.25) is 0 Å². The molecule has 1 aromatic carbocycles. The molecule has 3 rings (SSSR count). The van der Waals surface area contributed by atoms with Crippen LogP contribution in [0, 0.1) is 0 Å². The van der Waals surface area contributed by atoms with Crippen LogP contribution < -0.4 is 0 Å². The summed E-state index contributed by atoms with van der Waals surface area (Å²) in [4.78, 5) is 13.3. The molecular formula is C16H20N2O2. The first kappa shape index (κ1) is 13.0. The number of para-hydroxylation sites is 1. The SMILES string of the molecule is COC(=O)N1CCC(c2cn(C)c3ccccc23)CC1. The molecule has 1 fully saturated rings. The topological polar surface area (TPSA) is 34.5 Å². The number of carbonyl (C=O) groups excluding carboxylic acids is 1. The molecular weight excluding hydrogens is 252 g/mol. The number of rotatable bonds is 1. The van der Waals surface area contributed by atoms with Crippen LogP contribution in [0.5, 0.6) is 0 Å². The molecule has 2 heterocycles. The Morgan fingerprint density at radius 3 is 2.65 bits per heavy atom. The maximum absolute atomic E-state index is 11.5. The zero-order chi connectivity index (χ0) is 14.1. The highest BCUT2D eigenvalue weighted by Gasteiger charge is 2.26. The van der Waals surface area contributed by atoms with Crippen molar-refractivity contribution in [3.63, 3.8) is 0 Å². The second-order valence-electron chi connectivity index (χ2n) is 5.44. The number of amides is 1. The summed E-state index contributed by atoms with van der Waals surface area (Å²) in [5, 5.41) is 1.34. The number of hydrogen-bond acceptors (Lipinski definition) is 2. The maximum atomic E-state index is 11.5. The Balaban J connectivity index is 1.82. The van der Waals surface area contributed by atoms with Crippen molar-refractivity contribution in [1.29, 1.82) is 0 Å². The highest BCUT2D eigenvalue weighted by molar-refractivity contribution is 5.84. The second-order valence-corrected chi connectivity index (χ2v) is 5.44. The number of benzene rings is 1. The predicted molar refractivity (Wildman–Crippen MR) is 78.9 cm³/mol. The summed E-state index contributed by atoms with van der Waals surface area (Å²) in [5.74, 6) is 0.530. The Bertz CT molecular complexity index is 624. The summed E-state index contributed by atoms with van der Waals surface area (Å²) in [6.07, 6.45) is 4.04. The number of nitrogens with zero attached hydrogens (tertiary/aromatic N) is 2. The standard InChI is InChI=1S/C16H20N2O2/c1-17-11-14(13-5-3-4-6-15(13)17)12-7-9-18(10-8-12)16(19)20-2/h3-6,11-12H,7-10H2,1-2H3. The van der Waals surface area contributed by atoms with Crippen molar-refractivity contribution in [3.05, 3.63) is 36.0 Å². The molecule has 1 aliphatic heterocycles. The van der Waals surface area contributed by atoms with Gasteiger partial charge in [-0.25, -0.2) is 4.79 Å². The third-order valence-electron chi connectivity index (χ3n) is 4.30. The zero-order valence-corrected chi connectivity index (χ0v) is 12.0. The fourth-order valence-corrected chi connectivity index (χ4v) is 3.20. The fraction of sp³-hybridized carbons (Fsp3) is 0.438. The quantitative estimate of drug-likeness (QED) is 0.799. The molecule has 106 valence electrons. The molecule has 0 aliphatic carbocycles. The number of methoxy groups -OCH3 is 1. The summed E-state index contributed by atoms with van der Waals surface area (Å²) in [6, 6.07) is 8.52. The Labute approximate surface area is 118 Å². The summed E-state index contributed by atoms with van der Waals surface area (Å²) in [5.41, 5.74) is 2.69. The van der Waals surface area contributed by atoms with Crippen molar-refractivity contribution >= 4 is 17.0 Å². The van der Waals surface area contributed by atoms with Gasteiger partial charge in [0.05, 0.1) is 7.11 Å². The van der Waals surface area contributed by atoms with E-state index in [0.717, 1.165) is 25.9 Å². The lowest BCUT2D eigenvalue weighted by Gasteiger charge is -2.30. The number of ether oxygens (including phenoxy) is 1. The van der Waals surface area contributed by atoms with Gasteiger partial charge in [-0.2, -0.15) is 0 Å². The van der Waals surface area contributed by atoms with Gasteiger partial charge in [0.15, 0.2) is 0 Å². The smallest absolute Gasteiger partial charge is 0.409 e. The van der Waals surface area contributed by atoms with Gasteiger partial charge in [-0.15, -0.1) is 0 Å². The third kappa shape index (κ3) is 2.15. The average molecular weight is 272 g/mol. The summed E-state index contributed by atoms with van der Waals surface area (Å²) < 4.78 is 6.98. The largest absolute Gasteiger partial charge is 0.453 e. The lowest BCUT2D eigenvalue weighted by molar-refractivity contribution is 0.112. The van der Waals surface area contributed by atoms with E-state index < -0.39 is 0 Å². The lowest BCUT2D eigenvalue weighted by atomic mass is 9.89. The Morgan fingerprint density at radius 1 is 1.25 bits per heavy atom. The molecule has 1 amide bonds. The number of fused-ring (bicyclic) bond motifs is 1. The van der Waals surface area contributed by atoms with Gasteiger partial charge in [-0.3, -0.25) is 0 Å². The molecule has 2 aromatic rings. The molecule has 20 heavy (non-hydrogen) atoms. The van der Waals surface area contributed by atoms with Crippen molar-refractivity contribution in [3.8, 4) is 0 Å². The summed E-state index contributed by atoms with van der Waals surface area (Å²) in [6.45, 7) is 1.56. The van der Waals surface area contributed by atoms with E-state index in [0.29, 0.717) is 5.92 Å². The number of likely N-dealkylation sites (tertiary alicyclic amines) is 1. The first-order chi connectivity index (χ1) is 9.70. The minimum absolute atomic E-state index is 0.207. The van der Waals surface area contributed by atoms with Crippen molar-refractivity contribution < 1.29 is 9.53 Å². The molecule has 4 heteroatoms. The molecule has 0 bridgehead atoms. The van der Waals surface area contributed by atoms with Gasteiger partial charge in [0.25, 0.3) is 0 Å². The van der Waals surface area contributed by atoms with Crippen LogP contribution in [0.1, 0.15) is 24.3 Å². The van der Waals surface area contributed by atoms with E-state index in [2.05, 4.69) is 42.1 Å². The van der Waals surface area contributed by atoms with Crippen molar-refractivity contribution in [1.82, 2.24) is 9.47 Å². The van der Waals surface area contributed by atoms with E-state index in [1.807, 2.05) is 0 Å². The number of aromatic nitrogens is 1. The van der Waals surface area contributed by atoms with E-state index in [9.17, 15) is 4.79 Å². The Morgan fingerprint density at radius 2 is 1.95 bits per heavy atom. The van der Waals surface area contributed by atoms with E-state index in [-0.39, 0.29) is 6.09 Å². The first-order valence-corrected chi connectivity index (χ1v) is 7.07. The second kappa shape index (κ2) is 5.19. The van der Waals surface area contributed by atoms with Crippen LogP contribution >= 0.6 is 0 Å². The Hall–Kier alpha value is -1.97. The molecule has 0 spiro atoms. The van der Waals surface area contributed by atoms with E-state index in [1.165, 1.54) is 23.6 Å². The number of aryl methyl sites for hydroxylation is 1. The van der Waals surface area contributed by atoms with Crippen LogP contribution in [0.3, 0.4) is 0 Å². The monoisotopic (exact) mass is 272 g/mol. The molecule has 0 atom stereocenters. The molecule has 1 aliphatic rings. The molecule has 0 radical (unpaired) electrons. The van der Waals surface area contributed by atoms with Gasteiger partial charge in [0, 0.05) is 37.2 Å². The summed E-state index contributed by atoms with van der Waals surface area (Å²) >= 11 is 0. The van der Waals surface area contributed by atoms with Crippen LogP contribution in [0.4, 0.5) is 4.79 Å². The highest BCUT2D eigenvalue weighted by atomic mass is 16.5. The van der Waals surface area contributed by atoms with Gasteiger partial charge in [-0.1, -0.05) is 18.2 Å². The first-order valence-electron chi connectivity index (χ1n) is 7.07. The fourth-order valence-electron chi connectivity index (χ4n) is 3.20. The molecule has 0 saturated carbocycles. The van der Waals surface area contributed by atoms with Gasteiger partial charge in [0.1, 0.15) is 0 Å². The van der Waals surface area contributed by atoms with Gasteiger partial charge >= 0.3 is 6.09 Å². The van der Waals surface area contributed by atoms with Gasteiger partial charge in [-0.05, 0) is 30.4 Å². The third-order valence-corrected chi connectivity index (χ3v) is 4.30. The molecule has 0 unspecified atom stereocenters. The van der Waals surface area contributed by atoms with E-state index in [1.54, 1.807) is 4.90 Å². The van der Waals surface area contributed by atoms with Crippen LogP contribution in [0.15, 0.2) is 30.5 Å². The van der Waals surface area contributed by atoms with E-state index in [4.69, 9.17) is 4.74 Å². The average Bonchev–Trinajstić information content (AvgIpc) is 2.84. The van der Waals surface area contributed by atoms with Crippen LogP contribution in [0.25, 0.3) is 10.9 Å². The number of piperidine rings is 1. The van der Waals surface area contributed by atoms with Crippen molar-refractivity contribution in [2.75, 3.05) is 20.2 Å². The minimum atomic E-state index is -0.207. The molecule has 1 saturated heterocycles. The molecule has 4 nitrogen and oxygen atoms in total. The minimum Gasteiger partial charge on any atom is -0.453 e. The lowest BCUT2D eigenvalue weighted by Crippen LogP contribution is -2.37. The van der Waals surface area contributed by atoms with Gasteiger partial charge in [0.2, 0.25) is 0 Å². The van der Waals surface area contributed by atoms with E-state index >= 15 is 0 Å². The number of hydrogen-bond donors (Lipinski definition) is 0. The maximum Gasteiger partial charge on any atom is 0.409 e. The highest BCUT2D eigenvalue weighted by Crippen LogP contribution is 2.34. The molecule has 1 aromatic heterocycles. The predicted octanol–water partition coefficient (Wildman–Crippen LogP) is 3.12. The van der Waals surface area contributed by atoms with Crippen molar-refractivity contribution in [2.24, 2.45) is 7.05 Å². The Kier molecular flexibility index (Phi) is 3.38. The zero-order valence-electron chi connectivity index (χ0n) is 12.0. The van der Waals surface area contributed by atoms with Crippen LogP contribution in [-0.4, -0.2) is 35.8 Å². The van der Waals surface area contributed by atoms with Crippen molar-refractivity contribution in [2.45, 2.75) is 18.8 Å². The normalized spacial score (nSPS) is 16.6.